The molecule has 4 nitrogen and oxygen atoms in total. The van der Waals surface area contributed by atoms with Crippen molar-refractivity contribution in [3.63, 3.8) is 0 Å². The fourth-order valence-electron chi connectivity index (χ4n) is 22.2. The Kier molecular flexibility index (Phi) is 15.6. The number of furan rings is 2. The van der Waals surface area contributed by atoms with Gasteiger partial charge in [-0.05, 0) is 235 Å². The summed E-state index contributed by atoms with van der Waals surface area (Å²) in [5.41, 5.74) is 44.7. The second-order valence-corrected chi connectivity index (χ2v) is 33.9. The van der Waals surface area contributed by atoms with Crippen LogP contribution in [0.25, 0.3) is 144 Å². The molecule has 5 aliphatic rings. The number of hydrogen-bond acceptors (Lipinski definition) is 4. The third-order valence-corrected chi connectivity index (χ3v) is 27.4. The standard InChI is InChI=1S/C64H43NO.C55H35NO/c1-63(2)54-24-10-5-20-49(54)50-36-34-43(39-59(50)63)65(42-35-37-61-53(38-42)51-21-9-14-29-60(51)66-61)41-32-30-40(31-33-41)44-23-15-28-58-62(44)52-22-8-13-27-57(52)64(58)55-25-11-6-18-47(55)45-16-3-4-17-46(45)48-19-7-12-26-56(48)64;1-2-15-36(16-3-1)37-29-31-38(32-30-37)56(39-33-34-45-44-21-9-13-28-52(44)57-53(45)35-39)51-27-14-26-50-54(51)46-22-8-12-25-49(46)55(50)47-23-10-6-19-42(47)40-17-4-5-18-41(40)43-20-7-11-24-48(43)55/h3-39H,1-2H3;1-35H. The molecule has 2 aromatic heterocycles. The van der Waals surface area contributed by atoms with Gasteiger partial charge in [-0.3, -0.25) is 0 Å². The molecule has 0 fully saturated rings. The summed E-state index contributed by atoms with van der Waals surface area (Å²) < 4.78 is 12.9. The van der Waals surface area contributed by atoms with Gasteiger partial charge in [0.1, 0.15) is 22.3 Å². The lowest BCUT2D eigenvalue weighted by Crippen LogP contribution is -2.29. The highest BCUT2D eigenvalue weighted by Gasteiger charge is 2.53. The number of benzene rings is 19. The minimum Gasteiger partial charge on any atom is -0.456 e. The topological polar surface area (TPSA) is 32.8 Å². The highest BCUT2D eigenvalue weighted by Crippen LogP contribution is 2.66. The molecule has 0 saturated heterocycles. The second-order valence-electron chi connectivity index (χ2n) is 33.9. The minimum atomic E-state index is -0.570. The zero-order chi connectivity index (χ0) is 81.2. The van der Waals surface area contributed by atoms with Crippen LogP contribution in [0.2, 0.25) is 0 Å². The molecule has 0 amide bonds. The van der Waals surface area contributed by atoms with Crippen molar-refractivity contribution in [1.29, 1.82) is 0 Å². The van der Waals surface area contributed by atoms with Crippen molar-refractivity contribution < 1.29 is 8.83 Å². The van der Waals surface area contributed by atoms with E-state index in [2.05, 4.69) is 448 Å². The maximum atomic E-state index is 6.53. The first-order valence-electron chi connectivity index (χ1n) is 42.8. The van der Waals surface area contributed by atoms with Gasteiger partial charge in [-0.15, -0.1) is 0 Å². The molecule has 21 aromatic rings. The van der Waals surface area contributed by atoms with Crippen LogP contribution in [-0.2, 0) is 16.2 Å². The molecule has 0 unspecified atom stereocenters. The van der Waals surface area contributed by atoms with Crippen LogP contribution in [0.1, 0.15) is 69.5 Å². The smallest absolute Gasteiger partial charge is 0.137 e. The Bertz CT molecular complexity index is 7800. The number of anilines is 6. The SMILES string of the molecule is CC1(C)c2ccccc2-c2ccc(N(c3ccc(-c4cccc5c4-c4ccccc4C54c5ccccc5-c5ccccc5-c5ccccc54)cc3)c3ccc4oc5ccccc5c4c3)cc21.c1ccc(-c2ccc(N(c3ccc4c(c3)oc3ccccc34)c3cccc4c3-c3ccccc3C43c4ccccc4-c4ccccc4-c4ccccc43)cc2)cc1. The Morgan fingerprint density at radius 1 is 0.179 bits per heavy atom. The van der Waals surface area contributed by atoms with E-state index in [1.165, 1.54) is 156 Å². The molecule has 0 atom stereocenters. The van der Waals surface area contributed by atoms with E-state index in [-0.39, 0.29) is 5.41 Å². The van der Waals surface area contributed by atoms with Gasteiger partial charge >= 0.3 is 0 Å². The molecule has 5 aliphatic carbocycles. The van der Waals surface area contributed by atoms with Crippen molar-refractivity contribution >= 4 is 78.0 Å². The Morgan fingerprint density at radius 3 is 1.07 bits per heavy atom. The van der Waals surface area contributed by atoms with Gasteiger partial charge in [-0.2, -0.15) is 0 Å². The molecule has 0 aliphatic heterocycles. The first-order chi connectivity index (χ1) is 60.8. The van der Waals surface area contributed by atoms with E-state index in [1.807, 2.05) is 12.1 Å². The average Bonchev–Trinajstić information content (AvgIpc) is 1.52. The van der Waals surface area contributed by atoms with Crippen molar-refractivity contribution in [3.8, 4) is 100 Å². The van der Waals surface area contributed by atoms with E-state index < -0.39 is 10.8 Å². The zero-order valence-electron chi connectivity index (χ0n) is 67.8. The molecular formula is C119H78N2O2. The number of nitrogens with zero attached hydrogens (tertiary/aromatic N) is 2. The Hall–Kier alpha value is -15.6. The van der Waals surface area contributed by atoms with E-state index in [4.69, 9.17) is 8.83 Å². The van der Waals surface area contributed by atoms with Crippen LogP contribution in [0, 0.1) is 0 Å². The molecule has 576 valence electrons. The van der Waals surface area contributed by atoms with Crippen LogP contribution >= 0.6 is 0 Å². The molecule has 2 heterocycles. The van der Waals surface area contributed by atoms with Gasteiger partial charge in [0, 0.05) is 67.0 Å². The van der Waals surface area contributed by atoms with E-state index in [9.17, 15) is 0 Å². The normalized spacial score (nSPS) is 13.6. The lowest BCUT2D eigenvalue weighted by atomic mass is 9.66. The summed E-state index contributed by atoms with van der Waals surface area (Å²) in [5, 5.41) is 4.47. The maximum Gasteiger partial charge on any atom is 0.137 e. The van der Waals surface area contributed by atoms with Crippen LogP contribution < -0.4 is 9.80 Å². The third kappa shape index (κ3) is 10.2. The van der Waals surface area contributed by atoms with Crippen molar-refractivity contribution in [2.24, 2.45) is 0 Å². The van der Waals surface area contributed by atoms with Crippen molar-refractivity contribution in [2.75, 3.05) is 9.80 Å². The van der Waals surface area contributed by atoms with Crippen LogP contribution in [0.3, 0.4) is 0 Å². The largest absolute Gasteiger partial charge is 0.456 e. The molecule has 0 N–H and O–H groups in total. The van der Waals surface area contributed by atoms with E-state index >= 15 is 0 Å². The van der Waals surface area contributed by atoms with Gasteiger partial charge in [-0.25, -0.2) is 0 Å². The van der Waals surface area contributed by atoms with Crippen molar-refractivity contribution in [1.82, 2.24) is 0 Å². The summed E-state index contributed by atoms with van der Waals surface area (Å²) in [6.45, 7) is 4.71. The molecule has 4 heteroatoms. The molecule has 123 heavy (non-hydrogen) atoms. The first-order valence-corrected chi connectivity index (χ1v) is 42.8. The predicted octanol–water partition coefficient (Wildman–Crippen LogP) is 31.8. The lowest BCUT2D eigenvalue weighted by Gasteiger charge is -2.35. The summed E-state index contributed by atoms with van der Waals surface area (Å²) >= 11 is 0. The molecule has 2 spiro atoms. The Morgan fingerprint density at radius 2 is 0.512 bits per heavy atom. The number of hydrogen-bond donors (Lipinski definition) is 0. The monoisotopic (exact) mass is 1570 g/mol. The lowest BCUT2D eigenvalue weighted by molar-refractivity contribution is 0.660. The summed E-state index contributed by atoms with van der Waals surface area (Å²) in [7, 11) is 0. The molecule has 0 saturated carbocycles. The van der Waals surface area contributed by atoms with Gasteiger partial charge in [0.05, 0.1) is 16.5 Å². The van der Waals surface area contributed by atoms with Crippen LogP contribution in [0.15, 0.2) is 446 Å². The number of rotatable bonds is 8. The molecular weight excluding hydrogens is 1490 g/mol. The first kappa shape index (κ1) is 70.4. The van der Waals surface area contributed by atoms with E-state index in [0.29, 0.717) is 0 Å². The van der Waals surface area contributed by atoms with Gasteiger partial charge in [0.15, 0.2) is 0 Å². The fraction of sp³-hybridized carbons (Fsp3) is 0.0420. The fourth-order valence-corrected chi connectivity index (χ4v) is 22.2. The number of fused-ring (bicyclic) bond motifs is 33. The van der Waals surface area contributed by atoms with Crippen molar-refractivity contribution in [3.05, 3.63) is 492 Å². The van der Waals surface area contributed by atoms with Gasteiger partial charge in [0.25, 0.3) is 0 Å². The highest BCUT2D eigenvalue weighted by atomic mass is 16.3. The summed E-state index contributed by atoms with van der Waals surface area (Å²) in [4.78, 5) is 4.85. The van der Waals surface area contributed by atoms with E-state index in [0.717, 1.165) is 78.0 Å². The van der Waals surface area contributed by atoms with Crippen molar-refractivity contribution in [2.45, 2.75) is 30.1 Å². The minimum absolute atomic E-state index is 0.134. The van der Waals surface area contributed by atoms with Gasteiger partial charge in [0.2, 0.25) is 0 Å². The van der Waals surface area contributed by atoms with Crippen LogP contribution in [-0.4, -0.2) is 0 Å². The predicted molar refractivity (Wildman–Crippen MR) is 509 cm³/mol. The zero-order valence-corrected chi connectivity index (χ0v) is 67.8. The van der Waals surface area contributed by atoms with Crippen LogP contribution in [0.4, 0.5) is 34.1 Å². The molecule has 19 aromatic carbocycles. The maximum absolute atomic E-state index is 6.53. The summed E-state index contributed by atoms with van der Waals surface area (Å²) in [5.74, 6) is 0. The second kappa shape index (κ2) is 27.2. The quantitative estimate of drug-likeness (QED) is 0.152. The van der Waals surface area contributed by atoms with E-state index in [1.54, 1.807) is 0 Å². The molecule has 0 radical (unpaired) electrons. The van der Waals surface area contributed by atoms with Crippen LogP contribution in [0.5, 0.6) is 0 Å². The highest BCUT2D eigenvalue weighted by molar-refractivity contribution is 6.10. The van der Waals surface area contributed by atoms with Gasteiger partial charge < -0.3 is 18.6 Å². The Labute approximate surface area is 714 Å². The van der Waals surface area contributed by atoms with Gasteiger partial charge in [-0.1, -0.05) is 360 Å². The molecule has 0 bridgehead atoms. The summed E-state index contributed by atoms with van der Waals surface area (Å²) in [6.07, 6.45) is 0. The molecule has 26 rings (SSSR count). The average molecular weight is 1570 g/mol. The summed E-state index contributed by atoms with van der Waals surface area (Å²) in [6, 6.07) is 161. The number of para-hydroxylation sites is 2. The third-order valence-electron chi connectivity index (χ3n) is 27.4. The Balaban J connectivity index is 0.000000137.